The van der Waals surface area contributed by atoms with Crippen molar-refractivity contribution in [3.05, 3.63) is 41.9 Å². The average molecular weight is 261 g/mol. The molecule has 0 bridgehead atoms. The molecule has 0 unspecified atom stereocenters. The van der Waals surface area contributed by atoms with Crippen LogP contribution in [-0.4, -0.2) is 0 Å². The molecule has 0 rings (SSSR count). The molecule has 0 aromatic rings. The van der Waals surface area contributed by atoms with Crippen LogP contribution >= 0.6 is 0 Å². The van der Waals surface area contributed by atoms with Gasteiger partial charge < -0.3 is 0 Å². The van der Waals surface area contributed by atoms with E-state index in [2.05, 4.69) is 46.8 Å². The smallest absolute Gasteiger partial charge is 0.0288 e. The Labute approximate surface area is 121 Å². The van der Waals surface area contributed by atoms with Gasteiger partial charge in [0, 0.05) is 0 Å². The van der Waals surface area contributed by atoms with E-state index in [1.165, 1.54) is 49.7 Å². The first kappa shape index (κ1) is 18.2. The molecule has 0 aliphatic rings. The molecule has 1 radical (unpaired) electrons. The second-order valence-electron chi connectivity index (χ2n) is 5.69. The fraction of sp³-hybridized carbons (Fsp3) is 0.632. The lowest BCUT2D eigenvalue weighted by Crippen LogP contribution is -1.82. The Morgan fingerprint density at radius 3 is 1.84 bits per heavy atom. The molecule has 0 nitrogen and oxygen atoms in total. The van der Waals surface area contributed by atoms with Crippen molar-refractivity contribution >= 4 is 0 Å². The van der Waals surface area contributed by atoms with Crippen LogP contribution in [0.5, 0.6) is 0 Å². The normalized spacial score (nSPS) is 14.1. The molecule has 0 aliphatic carbocycles. The van der Waals surface area contributed by atoms with Crippen LogP contribution in [0, 0.1) is 6.92 Å². The maximum absolute atomic E-state index is 3.79. The zero-order valence-corrected chi connectivity index (χ0v) is 13.6. The summed E-state index contributed by atoms with van der Waals surface area (Å²) in [5.41, 5.74) is 4.47. The van der Waals surface area contributed by atoms with Gasteiger partial charge in [-0.05, 0) is 66.2 Å². The van der Waals surface area contributed by atoms with Gasteiger partial charge in [0.25, 0.3) is 0 Å². The summed E-state index contributed by atoms with van der Waals surface area (Å²) in [6.07, 6.45) is 16.8. The standard InChI is InChI=1S/C19H33/c1-6-8-9-12-18(4)15-11-16-19(5)14-10-13-17(3)7-2/h7,14-15H,2,6,8-13,16H2,1,3-5H3. The minimum Gasteiger partial charge on any atom is -0.0853 e. The summed E-state index contributed by atoms with van der Waals surface area (Å²) in [6.45, 7) is 12.7. The van der Waals surface area contributed by atoms with Crippen LogP contribution in [-0.2, 0) is 0 Å². The lowest BCUT2D eigenvalue weighted by Gasteiger charge is -2.02. The Bertz CT molecular complexity index is 302. The molecule has 109 valence electrons. The van der Waals surface area contributed by atoms with Crippen molar-refractivity contribution in [2.24, 2.45) is 0 Å². The van der Waals surface area contributed by atoms with Crippen LogP contribution in [0.3, 0.4) is 0 Å². The fourth-order valence-electron chi connectivity index (χ4n) is 2.05. The van der Waals surface area contributed by atoms with E-state index in [1.54, 1.807) is 5.57 Å². The molecule has 0 heterocycles. The molecule has 0 amide bonds. The highest BCUT2D eigenvalue weighted by Gasteiger charge is 1.93. The predicted octanol–water partition coefficient (Wildman–Crippen LogP) is 6.80. The number of hydrogen-bond donors (Lipinski definition) is 0. The molecule has 0 spiro atoms. The van der Waals surface area contributed by atoms with Gasteiger partial charge in [0.15, 0.2) is 0 Å². The molecule has 0 aromatic heterocycles. The Kier molecular flexibility index (Phi) is 11.8. The van der Waals surface area contributed by atoms with Gasteiger partial charge in [-0.15, -0.1) is 0 Å². The molecule has 0 N–H and O–H groups in total. The maximum Gasteiger partial charge on any atom is -0.0288 e. The van der Waals surface area contributed by atoms with E-state index in [0.717, 1.165) is 12.8 Å². The summed E-state index contributed by atoms with van der Waals surface area (Å²) in [4.78, 5) is 0. The maximum atomic E-state index is 3.79. The van der Waals surface area contributed by atoms with Gasteiger partial charge >= 0.3 is 0 Å². The molecule has 0 aromatic carbocycles. The Hall–Kier alpha value is -0.780. The lowest BCUT2D eigenvalue weighted by molar-refractivity contribution is 0.710. The second kappa shape index (κ2) is 12.3. The number of allylic oxidation sites excluding steroid dienone is 6. The SMILES string of the molecule is [CH2]C=C(C)CCC=C(C)CCC=C(C)CCCCC. The van der Waals surface area contributed by atoms with Crippen molar-refractivity contribution in [2.45, 2.75) is 79.1 Å². The van der Waals surface area contributed by atoms with Crippen molar-refractivity contribution in [3.63, 3.8) is 0 Å². The topological polar surface area (TPSA) is 0 Å². The molecule has 19 heavy (non-hydrogen) atoms. The van der Waals surface area contributed by atoms with E-state index in [9.17, 15) is 0 Å². The highest BCUT2D eigenvalue weighted by molar-refractivity contribution is 5.06. The van der Waals surface area contributed by atoms with Gasteiger partial charge in [-0.25, -0.2) is 0 Å². The third kappa shape index (κ3) is 12.0. The van der Waals surface area contributed by atoms with E-state index >= 15 is 0 Å². The third-order valence-corrected chi connectivity index (χ3v) is 3.59. The van der Waals surface area contributed by atoms with E-state index < -0.39 is 0 Å². The summed E-state index contributed by atoms with van der Waals surface area (Å²) in [7, 11) is 0. The highest BCUT2D eigenvalue weighted by atomic mass is 14.0. The highest BCUT2D eigenvalue weighted by Crippen LogP contribution is 2.13. The minimum atomic E-state index is 1.15. The molecule has 0 heteroatoms. The van der Waals surface area contributed by atoms with E-state index in [4.69, 9.17) is 0 Å². The van der Waals surface area contributed by atoms with Crippen molar-refractivity contribution in [1.82, 2.24) is 0 Å². The largest absolute Gasteiger partial charge is 0.0853 e. The first-order valence-electron chi connectivity index (χ1n) is 7.86. The molecule has 0 aliphatic heterocycles. The van der Waals surface area contributed by atoms with E-state index in [0.29, 0.717) is 0 Å². The zero-order chi connectivity index (χ0) is 14.5. The summed E-state index contributed by atoms with van der Waals surface area (Å²) in [5.74, 6) is 0. The fourth-order valence-corrected chi connectivity index (χ4v) is 2.05. The zero-order valence-electron chi connectivity index (χ0n) is 13.6. The number of hydrogen-bond acceptors (Lipinski definition) is 0. The molecule has 0 atom stereocenters. The molecular formula is C19H33. The Morgan fingerprint density at radius 2 is 1.32 bits per heavy atom. The van der Waals surface area contributed by atoms with Crippen LogP contribution in [0.25, 0.3) is 0 Å². The van der Waals surface area contributed by atoms with Gasteiger partial charge in [0.1, 0.15) is 0 Å². The van der Waals surface area contributed by atoms with Gasteiger partial charge in [-0.1, -0.05) is 54.7 Å². The van der Waals surface area contributed by atoms with Gasteiger partial charge in [0.05, 0.1) is 0 Å². The van der Waals surface area contributed by atoms with E-state index in [-0.39, 0.29) is 0 Å². The lowest BCUT2D eigenvalue weighted by atomic mass is 10.0. The number of unbranched alkanes of at least 4 members (excludes halogenated alkanes) is 2. The number of rotatable bonds is 10. The quantitative estimate of drug-likeness (QED) is 0.299. The van der Waals surface area contributed by atoms with E-state index in [1.807, 2.05) is 6.08 Å². The van der Waals surface area contributed by atoms with Gasteiger partial charge in [-0.3, -0.25) is 0 Å². The van der Waals surface area contributed by atoms with Crippen molar-refractivity contribution < 1.29 is 0 Å². The molecule has 0 fully saturated rings. The first-order valence-corrected chi connectivity index (χ1v) is 7.86. The molecular weight excluding hydrogens is 228 g/mol. The third-order valence-electron chi connectivity index (χ3n) is 3.59. The summed E-state index contributed by atoms with van der Waals surface area (Å²) >= 11 is 0. The summed E-state index contributed by atoms with van der Waals surface area (Å²) < 4.78 is 0. The minimum absolute atomic E-state index is 1.15. The van der Waals surface area contributed by atoms with Crippen molar-refractivity contribution in [1.29, 1.82) is 0 Å². The Balaban J connectivity index is 3.79. The average Bonchev–Trinajstić information content (AvgIpc) is 2.38. The van der Waals surface area contributed by atoms with Crippen molar-refractivity contribution in [2.75, 3.05) is 0 Å². The molecule has 0 saturated heterocycles. The van der Waals surface area contributed by atoms with Crippen LogP contribution in [0.1, 0.15) is 79.1 Å². The van der Waals surface area contributed by atoms with Crippen molar-refractivity contribution in [3.8, 4) is 0 Å². The van der Waals surface area contributed by atoms with Crippen LogP contribution in [0.15, 0.2) is 34.9 Å². The summed E-state index contributed by atoms with van der Waals surface area (Å²) in [6, 6.07) is 0. The second-order valence-corrected chi connectivity index (χ2v) is 5.69. The first-order chi connectivity index (χ1) is 9.10. The monoisotopic (exact) mass is 261 g/mol. The molecule has 0 saturated carbocycles. The van der Waals surface area contributed by atoms with Crippen LogP contribution < -0.4 is 0 Å². The van der Waals surface area contributed by atoms with Gasteiger partial charge in [0.2, 0.25) is 0 Å². The summed E-state index contributed by atoms with van der Waals surface area (Å²) in [5, 5.41) is 0. The van der Waals surface area contributed by atoms with Crippen LogP contribution in [0.2, 0.25) is 0 Å². The van der Waals surface area contributed by atoms with Gasteiger partial charge in [-0.2, -0.15) is 0 Å². The Morgan fingerprint density at radius 1 is 0.789 bits per heavy atom. The predicted molar refractivity (Wildman–Crippen MR) is 89.2 cm³/mol. The van der Waals surface area contributed by atoms with Crippen LogP contribution in [0.4, 0.5) is 0 Å².